The minimum atomic E-state index is -2.10. The van der Waals surface area contributed by atoms with Crippen LogP contribution in [0.2, 0.25) is 0 Å². The normalized spacial score (nSPS) is 21.1. The van der Waals surface area contributed by atoms with Gasteiger partial charge in [-0.2, -0.15) is 4.90 Å². The van der Waals surface area contributed by atoms with Crippen molar-refractivity contribution in [3.8, 4) is 0 Å². The van der Waals surface area contributed by atoms with Crippen molar-refractivity contribution in [1.29, 1.82) is 0 Å². The first-order valence-corrected chi connectivity index (χ1v) is 14.0. The Balaban J connectivity index is 2.06. The number of hydrogen-bond donors (Lipinski definition) is 0. The van der Waals surface area contributed by atoms with Gasteiger partial charge in [0.15, 0.2) is 5.54 Å². The average Bonchev–Trinajstić information content (AvgIpc) is 3.05. The first-order chi connectivity index (χ1) is 19.7. The van der Waals surface area contributed by atoms with E-state index in [4.69, 9.17) is 18.9 Å². The molecule has 1 aromatic rings. The maximum atomic E-state index is 14.0. The highest BCUT2D eigenvalue weighted by Crippen LogP contribution is 2.40. The number of ether oxygens (including phenoxy) is 4. The lowest BCUT2D eigenvalue weighted by Gasteiger charge is -2.44. The number of piperidine rings is 1. The zero-order valence-electron chi connectivity index (χ0n) is 26.2. The minimum absolute atomic E-state index is 0.156. The number of imide groups is 4. The molecule has 236 valence electrons. The van der Waals surface area contributed by atoms with E-state index in [1.165, 1.54) is 0 Å². The molecule has 0 unspecified atom stereocenters. The van der Waals surface area contributed by atoms with Crippen LogP contribution in [0.1, 0.15) is 80.7 Å². The van der Waals surface area contributed by atoms with E-state index < -0.39 is 71.1 Å². The van der Waals surface area contributed by atoms with E-state index in [-0.39, 0.29) is 24.3 Å². The molecule has 1 spiro atoms. The Morgan fingerprint density at radius 1 is 0.791 bits per heavy atom. The van der Waals surface area contributed by atoms with Crippen molar-refractivity contribution in [2.45, 2.75) is 110 Å². The molecule has 3 rings (SSSR count). The molecule has 13 heteroatoms. The average molecular weight is 604 g/mol. The molecule has 6 amide bonds. The Kier molecular flexibility index (Phi) is 9.19. The van der Waals surface area contributed by atoms with E-state index in [0.717, 1.165) is 4.90 Å². The summed E-state index contributed by atoms with van der Waals surface area (Å²) in [4.78, 5) is 82.7. The maximum absolute atomic E-state index is 14.0. The van der Waals surface area contributed by atoms with Crippen LogP contribution in [0.4, 0.5) is 19.2 Å². The second kappa shape index (κ2) is 11.8. The fourth-order valence-electron chi connectivity index (χ4n) is 4.67. The Morgan fingerprint density at radius 2 is 1.33 bits per heavy atom. The largest absolute Gasteiger partial charge is 0.458 e. The van der Waals surface area contributed by atoms with Crippen molar-refractivity contribution in [3.63, 3.8) is 0 Å². The zero-order chi connectivity index (χ0) is 32.5. The number of esters is 1. The molecular weight excluding hydrogens is 562 g/mol. The van der Waals surface area contributed by atoms with Crippen molar-refractivity contribution < 1.29 is 47.7 Å². The van der Waals surface area contributed by atoms with Crippen LogP contribution in [0.5, 0.6) is 0 Å². The van der Waals surface area contributed by atoms with Gasteiger partial charge in [-0.1, -0.05) is 30.3 Å². The van der Waals surface area contributed by atoms with E-state index in [1.54, 1.807) is 92.6 Å². The lowest BCUT2D eigenvalue weighted by atomic mass is 9.84. The van der Waals surface area contributed by atoms with Gasteiger partial charge in [-0.15, -0.1) is 0 Å². The number of benzene rings is 1. The molecule has 0 N–H and O–H groups in total. The van der Waals surface area contributed by atoms with Crippen LogP contribution in [0.15, 0.2) is 30.3 Å². The van der Waals surface area contributed by atoms with Crippen molar-refractivity contribution in [3.05, 3.63) is 35.9 Å². The highest BCUT2D eigenvalue weighted by molar-refractivity contribution is 6.21. The van der Waals surface area contributed by atoms with Gasteiger partial charge in [0, 0.05) is 0 Å². The van der Waals surface area contributed by atoms with Gasteiger partial charge in [0.1, 0.15) is 29.5 Å². The number of hydrogen-bond acceptors (Lipinski definition) is 10. The van der Waals surface area contributed by atoms with Gasteiger partial charge >= 0.3 is 30.3 Å². The molecule has 0 aliphatic carbocycles. The van der Waals surface area contributed by atoms with Gasteiger partial charge in [-0.25, -0.2) is 28.9 Å². The number of carbonyl (C=O) groups excluding carboxylic acids is 6. The summed E-state index contributed by atoms with van der Waals surface area (Å²) in [5, 5.41) is 0. The van der Waals surface area contributed by atoms with Gasteiger partial charge < -0.3 is 18.9 Å². The molecule has 0 radical (unpaired) electrons. The minimum Gasteiger partial charge on any atom is -0.458 e. The fourth-order valence-corrected chi connectivity index (χ4v) is 4.67. The molecule has 2 aliphatic heterocycles. The summed E-state index contributed by atoms with van der Waals surface area (Å²) in [6.07, 6.45) is -3.96. The summed E-state index contributed by atoms with van der Waals surface area (Å²) in [6.45, 7) is 13.5. The Morgan fingerprint density at radius 3 is 1.86 bits per heavy atom. The predicted molar refractivity (Wildman–Crippen MR) is 151 cm³/mol. The highest BCUT2D eigenvalue weighted by atomic mass is 16.6. The summed E-state index contributed by atoms with van der Waals surface area (Å²) in [5.74, 6) is -1.86. The van der Waals surface area contributed by atoms with Gasteiger partial charge in [0.25, 0.3) is 5.91 Å². The standard InChI is InChI=1S/C30H41N3O10/c1-27(2,3)41-21(34)20-15-16-30(18-31(20)24(37)40-17-19-13-11-10-12-14-19)22(35)32(25(38)42-28(4,5)6)23(36)33(30)26(39)43-29(7,8)9/h10-14,20H,15-18H2,1-9H3/t20-,30-/m0/s1. The second-order valence-electron chi connectivity index (χ2n) is 13.5. The van der Waals surface area contributed by atoms with Crippen LogP contribution in [-0.4, -0.2) is 85.8 Å². The molecule has 2 saturated heterocycles. The smallest absolute Gasteiger partial charge is 0.425 e. The number of nitrogens with zero attached hydrogens (tertiary/aromatic N) is 3. The quantitative estimate of drug-likeness (QED) is 0.262. The van der Waals surface area contributed by atoms with Crippen LogP contribution in [0.25, 0.3) is 0 Å². The monoisotopic (exact) mass is 603 g/mol. The van der Waals surface area contributed by atoms with Crippen LogP contribution in [-0.2, 0) is 35.1 Å². The van der Waals surface area contributed by atoms with E-state index in [0.29, 0.717) is 10.5 Å². The highest BCUT2D eigenvalue weighted by Gasteiger charge is 2.66. The Hall–Kier alpha value is -4.16. The molecule has 2 atom stereocenters. The molecule has 0 saturated carbocycles. The van der Waals surface area contributed by atoms with Crippen molar-refractivity contribution in [2.75, 3.05) is 6.54 Å². The second-order valence-corrected chi connectivity index (χ2v) is 13.5. The van der Waals surface area contributed by atoms with Gasteiger partial charge in [0.05, 0.1) is 6.54 Å². The van der Waals surface area contributed by atoms with Gasteiger partial charge in [0.2, 0.25) is 0 Å². The van der Waals surface area contributed by atoms with Crippen LogP contribution < -0.4 is 0 Å². The molecule has 2 aliphatic rings. The van der Waals surface area contributed by atoms with Crippen molar-refractivity contribution in [1.82, 2.24) is 14.7 Å². The van der Waals surface area contributed by atoms with E-state index in [2.05, 4.69) is 0 Å². The third-order valence-corrected chi connectivity index (χ3v) is 6.32. The summed E-state index contributed by atoms with van der Waals surface area (Å²) in [7, 11) is 0. The lowest BCUT2D eigenvalue weighted by molar-refractivity contribution is -0.164. The van der Waals surface area contributed by atoms with Crippen LogP contribution >= 0.6 is 0 Å². The number of urea groups is 1. The Labute approximate surface area is 251 Å². The first kappa shape index (κ1) is 33.3. The zero-order valence-corrected chi connectivity index (χ0v) is 26.2. The van der Waals surface area contributed by atoms with Crippen molar-refractivity contribution >= 4 is 36.2 Å². The Bertz CT molecular complexity index is 1280. The number of amides is 6. The topological polar surface area (TPSA) is 149 Å². The summed E-state index contributed by atoms with van der Waals surface area (Å²) in [6, 6.07) is 6.28. The van der Waals surface area contributed by atoms with E-state index in [1.807, 2.05) is 0 Å². The van der Waals surface area contributed by atoms with Gasteiger partial charge in [-0.3, -0.25) is 9.69 Å². The number of carbonyl (C=O) groups is 6. The van der Waals surface area contributed by atoms with Crippen LogP contribution in [0, 0.1) is 0 Å². The molecule has 13 nitrogen and oxygen atoms in total. The molecule has 0 bridgehead atoms. The maximum Gasteiger partial charge on any atom is 0.425 e. The first-order valence-electron chi connectivity index (χ1n) is 14.0. The van der Waals surface area contributed by atoms with Gasteiger partial charge in [-0.05, 0) is 80.7 Å². The molecule has 2 heterocycles. The molecule has 2 fully saturated rings. The third-order valence-electron chi connectivity index (χ3n) is 6.32. The molecule has 43 heavy (non-hydrogen) atoms. The molecular formula is C30H41N3O10. The fraction of sp³-hybridized carbons (Fsp3) is 0.600. The molecule has 1 aromatic carbocycles. The van der Waals surface area contributed by atoms with Crippen molar-refractivity contribution in [2.24, 2.45) is 0 Å². The number of likely N-dealkylation sites (tertiary alicyclic amines) is 1. The SMILES string of the molecule is CC(C)(C)OC(=O)[C@@H]1CC[C@]2(CN1C(=O)OCc1ccccc1)C(=O)N(C(=O)OC(C)(C)C)C(=O)N2C(=O)OC(C)(C)C. The number of rotatable bonds is 3. The van der Waals surface area contributed by atoms with E-state index in [9.17, 15) is 28.8 Å². The molecule has 0 aromatic heterocycles. The third kappa shape index (κ3) is 7.82. The van der Waals surface area contributed by atoms with Crippen LogP contribution in [0.3, 0.4) is 0 Å². The predicted octanol–water partition coefficient (Wildman–Crippen LogP) is 5.00. The summed E-state index contributed by atoms with van der Waals surface area (Å²) < 4.78 is 21.8. The lowest BCUT2D eigenvalue weighted by Crippen LogP contribution is -2.66. The summed E-state index contributed by atoms with van der Waals surface area (Å²) >= 11 is 0. The van der Waals surface area contributed by atoms with E-state index >= 15 is 0 Å². The summed E-state index contributed by atoms with van der Waals surface area (Å²) in [5.41, 5.74) is -4.49.